The largest absolute Gasteiger partial charge is 0.484 e. The van der Waals surface area contributed by atoms with Crippen LogP contribution in [-0.2, 0) is 16.0 Å². The first-order valence-corrected chi connectivity index (χ1v) is 14.4. The molecule has 3 heterocycles. The second kappa shape index (κ2) is 11.8. The zero-order valence-corrected chi connectivity index (χ0v) is 23.6. The van der Waals surface area contributed by atoms with Gasteiger partial charge in [0, 0.05) is 43.0 Å². The number of halogens is 3. The zero-order valence-electron chi connectivity index (χ0n) is 21.4. The van der Waals surface area contributed by atoms with Gasteiger partial charge in [0.1, 0.15) is 11.6 Å². The maximum atomic E-state index is 14.9. The van der Waals surface area contributed by atoms with Crippen LogP contribution >= 0.6 is 22.6 Å². The molecular formula is C29H26F2IN5O3. The average Bonchev–Trinajstić information content (AvgIpc) is 3.76. The Bertz CT molecular complexity index is 1450. The van der Waals surface area contributed by atoms with Crippen LogP contribution in [0.3, 0.4) is 0 Å². The monoisotopic (exact) mass is 657 g/mol. The summed E-state index contributed by atoms with van der Waals surface area (Å²) in [6.45, 7) is -0.510. The predicted molar refractivity (Wildman–Crippen MR) is 152 cm³/mol. The first-order valence-electron chi connectivity index (χ1n) is 12.8. The van der Waals surface area contributed by atoms with Gasteiger partial charge in [-0.2, -0.15) is 5.26 Å². The molecule has 0 spiro atoms. The predicted octanol–water partition coefficient (Wildman–Crippen LogP) is 5.00. The van der Waals surface area contributed by atoms with Crippen molar-refractivity contribution in [1.82, 2.24) is 14.9 Å². The minimum atomic E-state index is -3.22. The number of carbonyl (C=O) groups excluding carboxylic acids is 2. The molecule has 0 bridgehead atoms. The molecule has 0 unspecified atom stereocenters. The number of aromatic nitrogens is 2. The number of nitriles is 1. The van der Waals surface area contributed by atoms with E-state index in [4.69, 9.17) is 4.74 Å². The highest BCUT2D eigenvalue weighted by molar-refractivity contribution is 14.1. The Kier molecular flexibility index (Phi) is 8.25. The molecule has 1 aliphatic carbocycles. The van der Waals surface area contributed by atoms with Crippen molar-refractivity contribution in [3.05, 3.63) is 72.2 Å². The summed E-state index contributed by atoms with van der Waals surface area (Å²) in [5, 5.41) is 12.3. The quantitative estimate of drug-likeness (QED) is 0.270. The molecule has 2 fully saturated rings. The van der Waals surface area contributed by atoms with Gasteiger partial charge in [0.25, 0.3) is 0 Å². The van der Waals surface area contributed by atoms with Crippen LogP contribution in [0, 0.1) is 17.2 Å². The van der Waals surface area contributed by atoms with Crippen LogP contribution in [0.1, 0.15) is 29.9 Å². The molecule has 3 atom stereocenters. The van der Waals surface area contributed by atoms with Crippen molar-refractivity contribution in [1.29, 1.82) is 5.26 Å². The van der Waals surface area contributed by atoms with Crippen LogP contribution < -0.4 is 10.1 Å². The Labute approximate surface area is 243 Å². The molecule has 11 heteroatoms. The molecule has 1 saturated carbocycles. The fourth-order valence-electron chi connectivity index (χ4n) is 4.96. The van der Waals surface area contributed by atoms with Gasteiger partial charge in [0.2, 0.25) is 11.8 Å². The summed E-state index contributed by atoms with van der Waals surface area (Å²) in [5.74, 6) is -3.05. The molecule has 1 saturated heterocycles. The highest BCUT2D eigenvalue weighted by atomic mass is 127. The third kappa shape index (κ3) is 6.22. The van der Waals surface area contributed by atoms with E-state index in [0.717, 1.165) is 28.0 Å². The van der Waals surface area contributed by atoms with E-state index in [9.17, 15) is 23.6 Å². The van der Waals surface area contributed by atoms with E-state index in [-0.39, 0.29) is 53.2 Å². The molecule has 2 aromatic heterocycles. The molecular weight excluding hydrogens is 631 g/mol. The van der Waals surface area contributed by atoms with Gasteiger partial charge >= 0.3 is 5.92 Å². The smallest absolute Gasteiger partial charge is 0.301 e. The Balaban J connectivity index is 1.29. The van der Waals surface area contributed by atoms with E-state index in [1.165, 1.54) is 0 Å². The molecule has 5 rings (SSSR count). The van der Waals surface area contributed by atoms with Gasteiger partial charge < -0.3 is 15.0 Å². The first-order chi connectivity index (χ1) is 19.3. The lowest BCUT2D eigenvalue weighted by Crippen LogP contribution is -2.55. The van der Waals surface area contributed by atoms with Crippen molar-refractivity contribution in [3.8, 4) is 22.9 Å². The molecule has 206 valence electrons. The van der Waals surface area contributed by atoms with Crippen LogP contribution in [0.15, 0.2) is 61.1 Å². The van der Waals surface area contributed by atoms with Crippen molar-refractivity contribution in [3.63, 3.8) is 0 Å². The van der Waals surface area contributed by atoms with Crippen LogP contribution in [0.4, 0.5) is 14.6 Å². The Hall–Kier alpha value is -3.66. The third-order valence-electron chi connectivity index (χ3n) is 7.18. The molecule has 40 heavy (non-hydrogen) atoms. The second-order valence-electron chi connectivity index (χ2n) is 9.92. The number of nitrogens with one attached hydrogen (secondary N) is 1. The minimum Gasteiger partial charge on any atom is -0.484 e. The van der Waals surface area contributed by atoms with E-state index < -0.39 is 18.6 Å². The number of carbonyl (C=O) groups is 2. The fraction of sp³-hybridized carbons (Fsp3) is 0.345. The van der Waals surface area contributed by atoms with Crippen LogP contribution in [0.5, 0.6) is 5.75 Å². The van der Waals surface area contributed by atoms with E-state index >= 15 is 0 Å². The Morgan fingerprint density at radius 2 is 2.02 bits per heavy atom. The van der Waals surface area contributed by atoms with E-state index in [2.05, 4.69) is 21.4 Å². The summed E-state index contributed by atoms with van der Waals surface area (Å²) in [4.78, 5) is 34.3. The average molecular weight is 657 g/mol. The van der Waals surface area contributed by atoms with Crippen molar-refractivity contribution < 1.29 is 23.1 Å². The number of anilines is 1. The molecule has 2 amide bonds. The van der Waals surface area contributed by atoms with Gasteiger partial charge in [0.05, 0.1) is 23.5 Å². The number of ether oxygens (including phenoxy) is 1. The number of pyridine rings is 2. The maximum absolute atomic E-state index is 14.9. The fourth-order valence-corrected chi connectivity index (χ4v) is 5.44. The number of piperidine rings is 1. The van der Waals surface area contributed by atoms with E-state index in [1.54, 1.807) is 48.9 Å². The molecule has 3 aromatic rings. The van der Waals surface area contributed by atoms with Gasteiger partial charge in [-0.15, -0.1) is 0 Å². The van der Waals surface area contributed by atoms with Crippen molar-refractivity contribution in [2.24, 2.45) is 5.92 Å². The van der Waals surface area contributed by atoms with E-state index in [0.29, 0.717) is 11.4 Å². The number of nitrogens with zero attached hydrogens (tertiary/aromatic N) is 4. The first kappa shape index (κ1) is 27.9. The van der Waals surface area contributed by atoms with Crippen LogP contribution in [-0.4, -0.2) is 56.2 Å². The standard InChI is InChI=1S/C29H26F2IN5O3/c30-29(31)17-37(27(38)15-32)11-7-25(29)40-24-4-3-18(12-20(24)5-8-33)19-6-10-35-26(13-19)36-28(39)23-14-22(23)21-2-1-9-34-16-21/h1-4,6,9-10,12-13,16,22-23,25H,5,7,11,14-15,17H2,(H,35,36,39)/t22-,23+,25+/m1/s1. The number of hydrogen-bond acceptors (Lipinski definition) is 6. The third-order valence-corrected chi connectivity index (χ3v) is 7.84. The number of rotatable bonds is 8. The van der Waals surface area contributed by atoms with Crippen molar-refractivity contribution in [2.75, 3.05) is 22.8 Å². The molecule has 1 aromatic carbocycles. The second-order valence-corrected chi connectivity index (χ2v) is 10.7. The van der Waals surface area contributed by atoms with E-state index in [1.807, 2.05) is 34.7 Å². The van der Waals surface area contributed by atoms with Crippen molar-refractivity contribution >= 4 is 40.2 Å². The highest BCUT2D eigenvalue weighted by Crippen LogP contribution is 2.47. The molecule has 2 aliphatic rings. The maximum Gasteiger partial charge on any atom is 0.301 e. The SMILES string of the molecule is N#CCc1cc(-c2ccnc(NC(=O)[C@H]3C[C@@H]3c3cccnc3)c2)ccc1O[C@H]1CCN(C(=O)CI)CC1(F)F. The summed E-state index contributed by atoms with van der Waals surface area (Å²) in [6.07, 6.45) is 4.35. The lowest BCUT2D eigenvalue weighted by Gasteiger charge is -2.38. The summed E-state index contributed by atoms with van der Waals surface area (Å²) >= 11 is 1.86. The summed E-state index contributed by atoms with van der Waals surface area (Å²) in [7, 11) is 0. The van der Waals surface area contributed by atoms with Gasteiger partial charge in [0.15, 0.2) is 6.10 Å². The normalized spacial score (nSPS) is 21.2. The Morgan fingerprint density at radius 1 is 1.20 bits per heavy atom. The summed E-state index contributed by atoms with van der Waals surface area (Å²) in [5.41, 5.74) is 2.98. The lowest BCUT2D eigenvalue weighted by molar-refractivity contribution is -0.157. The highest BCUT2D eigenvalue weighted by Gasteiger charge is 2.47. The van der Waals surface area contributed by atoms with Crippen LogP contribution in [0.2, 0.25) is 0 Å². The number of likely N-dealkylation sites (tertiary alicyclic amines) is 1. The number of alkyl halides is 3. The minimum absolute atomic E-state index is 0.0147. The molecule has 1 N–H and O–H groups in total. The summed E-state index contributed by atoms with van der Waals surface area (Å²) < 4.78 is 35.6. The molecule has 8 nitrogen and oxygen atoms in total. The van der Waals surface area contributed by atoms with Gasteiger partial charge in [-0.05, 0) is 59.4 Å². The van der Waals surface area contributed by atoms with Crippen molar-refractivity contribution in [2.45, 2.75) is 37.2 Å². The lowest BCUT2D eigenvalue weighted by atomic mass is 10.0. The van der Waals surface area contributed by atoms with Gasteiger partial charge in [-0.1, -0.05) is 34.7 Å². The Morgan fingerprint density at radius 3 is 2.75 bits per heavy atom. The van der Waals surface area contributed by atoms with Gasteiger partial charge in [-0.25, -0.2) is 13.8 Å². The zero-order chi connectivity index (χ0) is 28.3. The number of benzene rings is 1. The number of amides is 2. The summed E-state index contributed by atoms with van der Waals surface area (Å²) in [6, 6.07) is 14.4. The molecule has 0 radical (unpaired) electrons. The van der Waals surface area contributed by atoms with Gasteiger partial charge in [-0.3, -0.25) is 14.6 Å². The topological polar surface area (TPSA) is 108 Å². The van der Waals surface area contributed by atoms with Crippen LogP contribution in [0.25, 0.3) is 11.1 Å². The molecule has 1 aliphatic heterocycles. The number of hydrogen-bond donors (Lipinski definition) is 1.